The van der Waals surface area contributed by atoms with Crippen LogP contribution in [0.2, 0.25) is 0 Å². The number of urea groups is 1. The molecule has 0 fully saturated rings. The topological polar surface area (TPSA) is 61.8 Å². The first-order chi connectivity index (χ1) is 9.24. The number of nitrogens with zero attached hydrogens (tertiary/aromatic N) is 1. The van der Waals surface area contributed by atoms with Gasteiger partial charge in [0.05, 0.1) is 13.7 Å². The van der Waals surface area contributed by atoms with Crippen LogP contribution < -0.4 is 10.1 Å². The molecule has 1 aromatic rings. The highest BCUT2D eigenvalue weighted by atomic mass is 19.4. The number of amides is 2. The number of rotatable bonds is 4. The zero-order chi connectivity index (χ0) is 15.3. The lowest BCUT2D eigenvalue weighted by atomic mass is 10.3. The molecule has 0 aromatic heterocycles. The monoisotopic (exact) mass is 292 g/mol. The van der Waals surface area contributed by atoms with E-state index in [2.05, 4.69) is 5.32 Å². The van der Waals surface area contributed by atoms with Crippen LogP contribution in [0.25, 0.3) is 0 Å². The number of hydrogen-bond acceptors (Lipinski definition) is 3. The van der Waals surface area contributed by atoms with Crippen molar-refractivity contribution in [3.8, 4) is 5.75 Å². The van der Waals surface area contributed by atoms with Gasteiger partial charge in [0.2, 0.25) is 0 Å². The van der Waals surface area contributed by atoms with Gasteiger partial charge in [-0.1, -0.05) is 6.07 Å². The van der Waals surface area contributed by atoms with Gasteiger partial charge in [-0.05, 0) is 12.1 Å². The minimum absolute atomic E-state index is 0.377. The summed E-state index contributed by atoms with van der Waals surface area (Å²) in [5.41, 5.74) is 0.377. The maximum absolute atomic E-state index is 12.2. The number of benzene rings is 1. The van der Waals surface area contributed by atoms with Crippen LogP contribution in [-0.2, 0) is 0 Å². The van der Waals surface area contributed by atoms with Crippen molar-refractivity contribution in [1.29, 1.82) is 0 Å². The molecule has 1 rings (SSSR count). The average molecular weight is 292 g/mol. The molecule has 0 radical (unpaired) electrons. The Balaban J connectivity index is 2.61. The summed E-state index contributed by atoms with van der Waals surface area (Å²) in [5.74, 6) is 0.501. The molecule has 0 aliphatic heterocycles. The summed E-state index contributed by atoms with van der Waals surface area (Å²) in [6, 6.07) is 5.60. The van der Waals surface area contributed by atoms with Crippen LogP contribution in [0.15, 0.2) is 24.3 Å². The van der Waals surface area contributed by atoms with Gasteiger partial charge >= 0.3 is 12.2 Å². The molecule has 2 amide bonds. The van der Waals surface area contributed by atoms with Gasteiger partial charge in [-0.3, -0.25) is 0 Å². The molecule has 5 nitrogen and oxygen atoms in total. The second-order valence-electron chi connectivity index (χ2n) is 4.10. The number of aliphatic hydroxyl groups excluding tert-OH is 1. The number of halogens is 3. The predicted octanol–water partition coefficient (Wildman–Crippen LogP) is 2.08. The van der Waals surface area contributed by atoms with E-state index in [0.717, 1.165) is 11.9 Å². The molecule has 8 heteroatoms. The normalized spacial score (nSPS) is 12.7. The fourth-order valence-electron chi connectivity index (χ4n) is 1.37. The van der Waals surface area contributed by atoms with Gasteiger partial charge in [0.15, 0.2) is 6.10 Å². The molecule has 1 atom stereocenters. The van der Waals surface area contributed by atoms with E-state index >= 15 is 0 Å². The summed E-state index contributed by atoms with van der Waals surface area (Å²) in [6.45, 7) is -0.848. The van der Waals surface area contributed by atoms with Crippen LogP contribution in [0.4, 0.5) is 23.7 Å². The van der Waals surface area contributed by atoms with Crippen LogP contribution in [-0.4, -0.2) is 49.0 Å². The number of carbonyl (C=O) groups excluding carboxylic acids is 1. The van der Waals surface area contributed by atoms with Crippen LogP contribution in [0.5, 0.6) is 5.75 Å². The summed E-state index contributed by atoms with van der Waals surface area (Å²) >= 11 is 0. The summed E-state index contributed by atoms with van der Waals surface area (Å²) in [7, 11) is 2.61. The first-order valence-electron chi connectivity index (χ1n) is 5.65. The predicted molar refractivity (Wildman–Crippen MR) is 66.7 cm³/mol. The molecule has 20 heavy (non-hydrogen) atoms. The number of carbonyl (C=O) groups is 1. The number of aliphatic hydroxyl groups is 1. The summed E-state index contributed by atoms with van der Waals surface area (Å²) in [6.07, 6.45) is -7.34. The Labute approximate surface area is 113 Å². The van der Waals surface area contributed by atoms with Gasteiger partial charge in [-0.15, -0.1) is 0 Å². The van der Waals surface area contributed by atoms with Gasteiger partial charge in [0, 0.05) is 18.8 Å². The standard InChI is InChI=1S/C12H15F3N2O3/c1-17(7-10(18)12(13,14)15)11(19)16-8-4-3-5-9(6-8)20-2/h3-6,10,18H,7H2,1-2H3,(H,16,19). The quantitative estimate of drug-likeness (QED) is 0.893. The van der Waals surface area contributed by atoms with Crippen molar-refractivity contribution >= 4 is 11.7 Å². The van der Waals surface area contributed by atoms with E-state index in [1.165, 1.54) is 13.2 Å². The highest BCUT2D eigenvalue weighted by molar-refractivity contribution is 5.89. The molecular formula is C12H15F3N2O3. The molecular weight excluding hydrogens is 277 g/mol. The first kappa shape index (κ1) is 16.1. The van der Waals surface area contributed by atoms with Crippen molar-refractivity contribution in [3.63, 3.8) is 0 Å². The number of likely N-dealkylation sites (N-methyl/N-ethyl adjacent to an activating group) is 1. The first-order valence-corrected chi connectivity index (χ1v) is 5.65. The van der Waals surface area contributed by atoms with Gasteiger partial charge in [0.25, 0.3) is 0 Å². The van der Waals surface area contributed by atoms with E-state index in [-0.39, 0.29) is 0 Å². The molecule has 0 saturated heterocycles. The third kappa shape index (κ3) is 4.61. The number of methoxy groups -OCH3 is 1. The lowest BCUT2D eigenvalue weighted by Gasteiger charge is -2.22. The van der Waals surface area contributed by atoms with Crippen LogP contribution in [0.1, 0.15) is 0 Å². The third-order valence-corrected chi connectivity index (χ3v) is 2.49. The fraction of sp³-hybridized carbons (Fsp3) is 0.417. The van der Waals surface area contributed by atoms with E-state index < -0.39 is 24.9 Å². The Morgan fingerprint density at radius 1 is 1.50 bits per heavy atom. The van der Waals surface area contributed by atoms with Crippen molar-refractivity contribution in [2.24, 2.45) is 0 Å². The van der Waals surface area contributed by atoms with Crippen molar-refractivity contribution in [2.75, 3.05) is 26.0 Å². The van der Waals surface area contributed by atoms with Crippen LogP contribution in [0.3, 0.4) is 0 Å². The lowest BCUT2D eigenvalue weighted by Crippen LogP contribution is -2.43. The largest absolute Gasteiger partial charge is 0.497 e. The second-order valence-corrected chi connectivity index (χ2v) is 4.10. The molecule has 0 saturated carbocycles. The van der Waals surface area contributed by atoms with Gasteiger partial charge in [-0.2, -0.15) is 13.2 Å². The minimum Gasteiger partial charge on any atom is -0.497 e. The van der Waals surface area contributed by atoms with Crippen molar-refractivity contribution < 1.29 is 27.8 Å². The van der Waals surface area contributed by atoms with E-state index in [9.17, 15) is 18.0 Å². The highest BCUT2D eigenvalue weighted by Crippen LogP contribution is 2.21. The van der Waals surface area contributed by atoms with Crippen molar-refractivity contribution in [2.45, 2.75) is 12.3 Å². The molecule has 1 aromatic carbocycles. The molecule has 0 aliphatic rings. The van der Waals surface area contributed by atoms with Crippen LogP contribution in [0, 0.1) is 0 Å². The van der Waals surface area contributed by atoms with Crippen molar-refractivity contribution in [3.05, 3.63) is 24.3 Å². The van der Waals surface area contributed by atoms with Crippen LogP contribution >= 0.6 is 0 Å². The second kappa shape index (κ2) is 6.47. The Morgan fingerprint density at radius 2 is 2.15 bits per heavy atom. The third-order valence-electron chi connectivity index (χ3n) is 2.49. The van der Waals surface area contributed by atoms with E-state index in [4.69, 9.17) is 9.84 Å². The lowest BCUT2D eigenvalue weighted by molar-refractivity contribution is -0.205. The SMILES string of the molecule is COc1cccc(NC(=O)N(C)CC(O)C(F)(F)F)c1. The molecule has 1 unspecified atom stereocenters. The van der Waals surface area contributed by atoms with E-state index in [1.54, 1.807) is 18.2 Å². The average Bonchev–Trinajstić information content (AvgIpc) is 2.37. The molecule has 0 spiro atoms. The number of nitrogens with one attached hydrogen (secondary N) is 1. The molecule has 0 bridgehead atoms. The summed E-state index contributed by atoms with van der Waals surface area (Å²) in [5, 5.41) is 11.3. The summed E-state index contributed by atoms with van der Waals surface area (Å²) < 4.78 is 41.5. The zero-order valence-corrected chi connectivity index (χ0v) is 10.9. The molecule has 0 heterocycles. The Morgan fingerprint density at radius 3 is 2.70 bits per heavy atom. The maximum Gasteiger partial charge on any atom is 0.416 e. The van der Waals surface area contributed by atoms with E-state index in [0.29, 0.717) is 11.4 Å². The Bertz CT molecular complexity index is 466. The maximum atomic E-state index is 12.2. The van der Waals surface area contributed by atoms with E-state index in [1.807, 2.05) is 0 Å². The number of ether oxygens (including phenoxy) is 1. The number of alkyl halides is 3. The Kier molecular flexibility index (Phi) is 5.20. The van der Waals surface area contributed by atoms with Gasteiger partial charge < -0.3 is 20.1 Å². The number of hydrogen-bond donors (Lipinski definition) is 2. The van der Waals surface area contributed by atoms with Crippen molar-refractivity contribution in [1.82, 2.24) is 4.90 Å². The molecule has 112 valence electrons. The molecule has 0 aliphatic carbocycles. The fourth-order valence-corrected chi connectivity index (χ4v) is 1.37. The highest BCUT2D eigenvalue weighted by Gasteiger charge is 2.39. The van der Waals surface area contributed by atoms with Gasteiger partial charge in [-0.25, -0.2) is 4.79 Å². The van der Waals surface area contributed by atoms with Gasteiger partial charge in [0.1, 0.15) is 5.75 Å². The Hall–Kier alpha value is -1.96. The zero-order valence-electron chi connectivity index (χ0n) is 10.9. The summed E-state index contributed by atoms with van der Waals surface area (Å²) in [4.78, 5) is 12.4. The molecule has 2 N–H and O–H groups in total. The number of anilines is 1. The smallest absolute Gasteiger partial charge is 0.416 e. The minimum atomic E-state index is -4.76.